The molecule has 8 heteroatoms. The molecule has 1 amide bonds. The Balaban J connectivity index is 1.56. The number of carbonyl (C=O) groups is 3. The molecule has 2 N–H and O–H groups in total. The molecule has 0 radical (unpaired) electrons. The van der Waals surface area contributed by atoms with E-state index in [-0.39, 0.29) is 23.7 Å². The number of nitrogens with zero attached hydrogens (tertiary/aromatic N) is 1. The largest absolute Gasteiger partial charge is 0.465 e. The predicted octanol–water partition coefficient (Wildman–Crippen LogP) is 4.77. The van der Waals surface area contributed by atoms with Crippen LogP contribution in [-0.2, 0) is 16.0 Å². The summed E-state index contributed by atoms with van der Waals surface area (Å²) >= 11 is 1.58. The number of Topliss-reactive ketones (excluding diaryl/α,β-unsaturated/α-hetero) is 1. The van der Waals surface area contributed by atoms with Crippen LogP contribution in [0.3, 0.4) is 0 Å². The van der Waals surface area contributed by atoms with Crippen LogP contribution in [0.5, 0.6) is 0 Å². The maximum atomic E-state index is 12.7. The molecule has 0 aliphatic rings. The molecule has 0 fully saturated rings. The molecule has 2 aromatic carbocycles. The van der Waals surface area contributed by atoms with Crippen molar-refractivity contribution >= 4 is 44.9 Å². The number of aromatic nitrogens is 2. The van der Waals surface area contributed by atoms with E-state index < -0.39 is 5.97 Å². The molecule has 0 saturated carbocycles. The average Bonchev–Trinajstić information content (AvgIpc) is 3.34. The third kappa shape index (κ3) is 4.17. The maximum Gasteiger partial charge on any atom is 0.339 e. The number of anilines is 1. The van der Waals surface area contributed by atoms with Gasteiger partial charge in [-0.3, -0.25) is 9.59 Å². The van der Waals surface area contributed by atoms with E-state index in [4.69, 9.17) is 4.74 Å². The smallest absolute Gasteiger partial charge is 0.339 e. The van der Waals surface area contributed by atoms with Crippen LogP contribution in [0.2, 0.25) is 0 Å². The Morgan fingerprint density at radius 3 is 2.62 bits per heavy atom. The molecule has 2 heterocycles. The van der Waals surface area contributed by atoms with Crippen molar-refractivity contribution in [1.29, 1.82) is 0 Å². The molecule has 0 saturated heterocycles. The SMILES string of the molecule is COC(=O)c1c(CC(=O)Nc2cccc(-c3nc4ccccc4s3)c2)[nH]c(C(C)=O)c1C. The number of thiazole rings is 1. The second-order valence-corrected chi connectivity index (χ2v) is 8.35. The van der Waals surface area contributed by atoms with E-state index in [0.717, 1.165) is 20.8 Å². The van der Waals surface area contributed by atoms with E-state index in [1.54, 1.807) is 24.3 Å². The molecule has 0 unspecified atom stereocenters. The number of hydrogen-bond acceptors (Lipinski definition) is 6. The van der Waals surface area contributed by atoms with Gasteiger partial charge >= 0.3 is 5.97 Å². The molecule has 162 valence electrons. The van der Waals surface area contributed by atoms with Crippen molar-refractivity contribution in [2.75, 3.05) is 12.4 Å². The zero-order valence-electron chi connectivity index (χ0n) is 17.8. The predicted molar refractivity (Wildman–Crippen MR) is 124 cm³/mol. The highest BCUT2D eigenvalue weighted by molar-refractivity contribution is 7.21. The number of H-pyrrole nitrogens is 1. The normalized spacial score (nSPS) is 10.8. The second-order valence-electron chi connectivity index (χ2n) is 7.32. The molecule has 4 rings (SSSR count). The number of amides is 1. The van der Waals surface area contributed by atoms with Gasteiger partial charge in [0.1, 0.15) is 5.01 Å². The fourth-order valence-corrected chi connectivity index (χ4v) is 4.57. The highest BCUT2D eigenvalue weighted by Crippen LogP contribution is 2.31. The molecule has 2 aromatic heterocycles. The van der Waals surface area contributed by atoms with E-state index in [2.05, 4.69) is 15.3 Å². The molecule has 4 aromatic rings. The van der Waals surface area contributed by atoms with Crippen LogP contribution in [0.4, 0.5) is 5.69 Å². The van der Waals surface area contributed by atoms with Gasteiger partial charge in [0, 0.05) is 23.9 Å². The first-order valence-corrected chi connectivity index (χ1v) is 10.8. The van der Waals surface area contributed by atoms with Crippen molar-refractivity contribution in [1.82, 2.24) is 9.97 Å². The molecule has 0 aliphatic heterocycles. The third-order valence-corrected chi connectivity index (χ3v) is 6.18. The summed E-state index contributed by atoms with van der Waals surface area (Å²) in [4.78, 5) is 44.4. The molecule has 0 bridgehead atoms. The van der Waals surface area contributed by atoms with Gasteiger partial charge in [-0.15, -0.1) is 11.3 Å². The quantitative estimate of drug-likeness (QED) is 0.327. The lowest BCUT2D eigenvalue weighted by atomic mass is 10.1. The summed E-state index contributed by atoms with van der Waals surface area (Å²) in [5.74, 6) is -1.14. The molecule has 32 heavy (non-hydrogen) atoms. The summed E-state index contributed by atoms with van der Waals surface area (Å²) in [6.07, 6.45) is -0.107. The van der Waals surface area contributed by atoms with E-state index in [1.807, 2.05) is 42.5 Å². The van der Waals surface area contributed by atoms with Gasteiger partial charge in [-0.2, -0.15) is 0 Å². The van der Waals surface area contributed by atoms with Crippen molar-refractivity contribution in [3.8, 4) is 10.6 Å². The van der Waals surface area contributed by atoms with Gasteiger partial charge in [-0.1, -0.05) is 24.3 Å². The second kappa shape index (κ2) is 8.76. The van der Waals surface area contributed by atoms with Crippen LogP contribution in [-0.4, -0.2) is 34.7 Å². The number of ketones is 1. The summed E-state index contributed by atoms with van der Waals surface area (Å²) in [5, 5.41) is 3.72. The molecular weight excluding hydrogens is 426 g/mol. The average molecular weight is 448 g/mol. The topological polar surface area (TPSA) is 101 Å². The van der Waals surface area contributed by atoms with Crippen molar-refractivity contribution in [2.24, 2.45) is 0 Å². The van der Waals surface area contributed by atoms with E-state index in [0.29, 0.717) is 22.6 Å². The van der Waals surface area contributed by atoms with Gasteiger partial charge in [-0.25, -0.2) is 9.78 Å². The number of para-hydroxylation sites is 1. The van der Waals surface area contributed by atoms with E-state index >= 15 is 0 Å². The number of ether oxygens (including phenoxy) is 1. The van der Waals surface area contributed by atoms with Crippen LogP contribution in [0.25, 0.3) is 20.8 Å². The Morgan fingerprint density at radius 1 is 1.12 bits per heavy atom. The minimum Gasteiger partial charge on any atom is -0.465 e. The van der Waals surface area contributed by atoms with Crippen molar-refractivity contribution < 1.29 is 19.1 Å². The lowest BCUT2D eigenvalue weighted by Crippen LogP contribution is -2.17. The van der Waals surface area contributed by atoms with Gasteiger partial charge in [0.15, 0.2) is 5.78 Å². The molecule has 0 spiro atoms. The number of rotatable bonds is 6. The van der Waals surface area contributed by atoms with Crippen LogP contribution in [0.1, 0.15) is 39.0 Å². The monoisotopic (exact) mass is 447 g/mol. The summed E-state index contributed by atoms with van der Waals surface area (Å²) in [7, 11) is 1.26. The third-order valence-electron chi connectivity index (χ3n) is 5.09. The first-order valence-electron chi connectivity index (χ1n) is 9.94. The molecule has 0 aliphatic carbocycles. The number of hydrogen-bond donors (Lipinski definition) is 2. The van der Waals surface area contributed by atoms with Crippen LogP contribution >= 0.6 is 11.3 Å². The first kappa shape index (κ1) is 21.5. The van der Waals surface area contributed by atoms with E-state index in [1.165, 1.54) is 14.0 Å². The number of benzene rings is 2. The minimum absolute atomic E-state index is 0.107. The van der Waals surface area contributed by atoms with Crippen LogP contribution in [0, 0.1) is 6.92 Å². The lowest BCUT2D eigenvalue weighted by Gasteiger charge is -2.07. The first-order chi connectivity index (χ1) is 15.4. The fourth-order valence-electron chi connectivity index (χ4n) is 3.61. The van der Waals surface area contributed by atoms with Crippen LogP contribution in [0.15, 0.2) is 48.5 Å². The standard InChI is InChI=1S/C24H21N3O4S/c1-13-21(24(30)31-3)18(26-22(13)14(2)28)12-20(29)25-16-8-6-7-15(11-16)23-27-17-9-4-5-10-19(17)32-23/h4-11,26H,12H2,1-3H3,(H,25,29). The molecule has 0 atom stereocenters. The lowest BCUT2D eigenvalue weighted by molar-refractivity contribution is -0.115. The number of methoxy groups -OCH3 is 1. The minimum atomic E-state index is -0.591. The summed E-state index contributed by atoms with van der Waals surface area (Å²) in [5.41, 5.74) is 3.78. The molecular formula is C24H21N3O4S. The highest BCUT2D eigenvalue weighted by atomic mass is 32.1. The van der Waals surface area contributed by atoms with Gasteiger partial charge in [0.2, 0.25) is 5.91 Å². The van der Waals surface area contributed by atoms with Gasteiger partial charge in [0.05, 0.1) is 35.0 Å². The number of fused-ring (bicyclic) bond motifs is 1. The maximum absolute atomic E-state index is 12.7. The zero-order chi connectivity index (χ0) is 22.8. The summed E-state index contributed by atoms with van der Waals surface area (Å²) in [6, 6.07) is 15.4. The van der Waals surface area contributed by atoms with Crippen LogP contribution < -0.4 is 5.32 Å². The van der Waals surface area contributed by atoms with Crippen molar-refractivity contribution in [3.05, 3.63) is 71.0 Å². The molecule has 7 nitrogen and oxygen atoms in total. The Hall–Kier alpha value is -3.78. The Labute approximate surface area is 188 Å². The number of aromatic amines is 1. The van der Waals surface area contributed by atoms with Crippen molar-refractivity contribution in [2.45, 2.75) is 20.3 Å². The summed E-state index contributed by atoms with van der Waals surface area (Å²) in [6.45, 7) is 3.06. The Bertz CT molecular complexity index is 1320. The van der Waals surface area contributed by atoms with E-state index in [9.17, 15) is 14.4 Å². The number of carbonyl (C=O) groups excluding carboxylic acids is 3. The Morgan fingerprint density at radius 2 is 1.91 bits per heavy atom. The fraction of sp³-hybridized carbons (Fsp3) is 0.167. The Kier molecular flexibility index (Phi) is 5.87. The van der Waals surface area contributed by atoms with Gasteiger partial charge in [0.25, 0.3) is 0 Å². The zero-order valence-corrected chi connectivity index (χ0v) is 18.6. The summed E-state index contributed by atoms with van der Waals surface area (Å²) < 4.78 is 5.93. The van der Waals surface area contributed by atoms with Gasteiger partial charge in [-0.05, 0) is 36.8 Å². The number of nitrogens with one attached hydrogen (secondary N) is 2. The highest BCUT2D eigenvalue weighted by Gasteiger charge is 2.24. The number of esters is 1. The van der Waals surface area contributed by atoms with Crippen molar-refractivity contribution in [3.63, 3.8) is 0 Å². The van der Waals surface area contributed by atoms with Gasteiger partial charge < -0.3 is 15.0 Å².